The zero-order chi connectivity index (χ0) is 33.7. The summed E-state index contributed by atoms with van der Waals surface area (Å²) < 4.78 is 72.7. The number of phenolic OH excluding ortho intramolecular Hbond substituents is 1. The highest BCUT2D eigenvalue weighted by Gasteiger charge is 2.26. The molecule has 6 aromatic carbocycles. The molecule has 7 aromatic rings. The van der Waals surface area contributed by atoms with Gasteiger partial charge in [-0.25, -0.2) is 15.2 Å². The zero-order valence-corrected chi connectivity index (χ0v) is 25.1. The van der Waals surface area contributed by atoms with E-state index in [0.717, 1.165) is 24.3 Å². The minimum atomic E-state index is -5.23. The van der Waals surface area contributed by atoms with Crippen molar-refractivity contribution in [3.63, 3.8) is 0 Å². The molecule has 0 aliphatic carbocycles. The Kier molecular flexibility index (Phi) is 6.69. The summed E-state index contributed by atoms with van der Waals surface area (Å²) in [5.74, 6) is -0.742. The molecule has 0 saturated carbocycles. The van der Waals surface area contributed by atoms with Crippen LogP contribution in [-0.4, -0.2) is 46.3 Å². The normalized spacial score (nSPS) is 12.7. The summed E-state index contributed by atoms with van der Waals surface area (Å²) >= 11 is 0.486. The molecule has 0 fully saturated rings. The summed E-state index contributed by atoms with van der Waals surface area (Å²) in [5, 5.41) is 20.0. The minimum absolute atomic E-state index is 0.157. The lowest BCUT2D eigenvalue weighted by atomic mass is 9.99. The second-order valence-corrected chi connectivity index (χ2v) is 13.7. The fraction of sp³-hybridized carbons (Fsp3) is 0. The molecule has 0 aliphatic heterocycles. The van der Waals surface area contributed by atoms with E-state index < -0.39 is 106 Å². The second-order valence-electron chi connectivity index (χ2n) is 10.1. The van der Waals surface area contributed by atoms with E-state index in [1.807, 2.05) is 0 Å². The zero-order valence-electron chi connectivity index (χ0n) is 22.6. The van der Waals surface area contributed by atoms with Gasteiger partial charge in [-0.1, -0.05) is 5.04 Å². The Morgan fingerprint density at radius 3 is 1.74 bits per heavy atom. The van der Waals surface area contributed by atoms with Crippen LogP contribution in [0.2, 0.25) is 0 Å². The van der Waals surface area contributed by atoms with E-state index in [4.69, 9.17) is 5.26 Å². The number of aromatic nitrogens is 2. The van der Waals surface area contributed by atoms with Crippen molar-refractivity contribution in [2.45, 2.75) is 14.7 Å². The minimum Gasteiger partial charge on any atom is -0.506 e. The molecule has 4 N–H and O–H groups in total. The van der Waals surface area contributed by atoms with Crippen molar-refractivity contribution in [3.8, 4) is 5.75 Å². The third-order valence-electron chi connectivity index (χ3n) is 7.58. The smallest absolute Gasteiger partial charge is 0.296 e. The van der Waals surface area contributed by atoms with E-state index in [-0.39, 0.29) is 21.1 Å². The highest BCUT2D eigenvalue weighted by Crippen LogP contribution is 2.35. The fourth-order valence-electron chi connectivity index (χ4n) is 5.60. The first kappa shape index (κ1) is 30.7. The van der Waals surface area contributed by atoms with Gasteiger partial charge in [0.2, 0.25) is 0 Å². The molecule has 1 heterocycles. The average Bonchev–Trinajstić information content (AvgIpc) is 3.02. The van der Waals surface area contributed by atoms with Crippen LogP contribution in [0.15, 0.2) is 82.4 Å². The number of rotatable bonds is 5. The first-order valence-electron chi connectivity index (χ1n) is 12.7. The van der Waals surface area contributed by atoms with E-state index >= 15 is 0 Å². The molecular formula is C28H12N2O14S3. The van der Waals surface area contributed by atoms with Crippen molar-refractivity contribution in [3.05, 3.63) is 89.4 Å². The van der Waals surface area contributed by atoms with Gasteiger partial charge in [-0.3, -0.25) is 28.3 Å². The molecule has 0 radical (unpaired) electrons. The third kappa shape index (κ3) is 4.56. The molecule has 0 amide bonds. The number of hydrogen-bond acceptors (Lipinski definition) is 15. The number of fused-ring (bicyclic) bond motifs is 8. The summed E-state index contributed by atoms with van der Waals surface area (Å²) in [6, 6.07) is 8.02. The summed E-state index contributed by atoms with van der Waals surface area (Å²) in [6.07, 6.45) is 0. The highest BCUT2D eigenvalue weighted by molar-refractivity contribution is 7.94. The topological polar surface area (TPSA) is 262 Å². The monoisotopic (exact) mass is 696 g/mol. The van der Waals surface area contributed by atoms with Gasteiger partial charge < -0.3 is 5.11 Å². The molecule has 19 heteroatoms. The molecule has 0 atom stereocenters. The van der Waals surface area contributed by atoms with Crippen LogP contribution in [-0.2, 0) is 29.6 Å². The van der Waals surface area contributed by atoms with Gasteiger partial charge in [0.05, 0.1) is 27.7 Å². The van der Waals surface area contributed by atoms with Crippen molar-refractivity contribution < 1.29 is 45.7 Å². The molecule has 7 rings (SSSR count). The van der Waals surface area contributed by atoms with Crippen LogP contribution in [0.5, 0.6) is 5.75 Å². The van der Waals surface area contributed by atoms with Crippen molar-refractivity contribution in [1.29, 1.82) is 0 Å². The van der Waals surface area contributed by atoms with Crippen molar-refractivity contribution in [2.24, 2.45) is 0 Å². The van der Waals surface area contributed by atoms with Crippen molar-refractivity contribution >= 4 is 97.4 Å². The van der Waals surface area contributed by atoms with E-state index in [9.17, 15) is 50.2 Å². The Bertz CT molecular complexity index is 3050. The van der Waals surface area contributed by atoms with Crippen molar-refractivity contribution in [2.75, 3.05) is 0 Å². The van der Waals surface area contributed by atoms with Gasteiger partial charge >= 0.3 is 0 Å². The molecule has 16 nitrogen and oxygen atoms in total. The van der Waals surface area contributed by atoms with Crippen LogP contribution >= 0.6 is 12.0 Å². The second kappa shape index (κ2) is 10.3. The molecule has 0 aliphatic rings. The Balaban J connectivity index is 1.72. The summed E-state index contributed by atoms with van der Waals surface area (Å²) in [5.41, 5.74) is -5.95. The Hall–Kier alpha value is -4.99. The molecule has 0 bridgehead atoms. The number of benzene rings is 6. The predicted molar refractivity (Wildman–Crippen MR) is 166 cm³/mol. The molecule has 0 unspecified atom stereocenters. The first-order chi connectivity index (χ1) is 22.1. The highest BCUT2D eigenvalue weighted by atomic mass is 32.2. The van der Waals surface area contributed by atoms with Gasteiger partial charge in [0.1, 0.15) is 32.7 Å². The number of aromatic hydroxyl groups is 1. The van der Waals surface area contributed by atoms with Gasteiger partial charge in [0, 0.05) is 37.2 Å². The maximum atomic E-state index is 13.9. The summed E-state index contributed by atoms with van der Waals surface area (Å²) in [4.78, 5) is 61.5. The SMILES string of the molecule is O=c1c2ccc(S(=O)(=O)O)cc2c(=O)c2c1cc(O)c1nc3c(nc12)c(S(=O)(=O)O)cc1c(=O)c2ccc(SOOO)cc2c(=O)c13. The van der Waals surface area contributed by atoms with Crippen LogP contribution in [0.4, 0.5) is 0 Å². The third-order valence-corrected chi connectivity index (χ3v) is 9.87. The fourth-order valence-corrected chi connectivity index (χ4v) is 7.16. The van der Waals surface area contributed by atoms with E-state index in [1.165, 1.54) is 18.2 Å². The molecule has 236 valence electrons. The lowest BCUT2D eigenvalue weighted by molar-refractivity contribution is -0.432. The average molecular weight is 697 g/mol. The van der Waals surface area contributed by atoms with Gasteiger partial charge in [0.25, 0.3) is 20.2 Å². The Morgan fingerprint density at radius 1 is 0.596 bits per heavy atom. The standard InChI is InChI=1S/C28H12N2O14S3/c31-17-7-15-19(28(35)14-6-10(46(37,38)39)2-4-12(14)25(15)32)23-21(17)29-24-20-16(8-18(22(24)30-23)47(40,41)42)26(33)11-3-1-9(45-44-43-36)5-13(11)27(20)34/h1-8,31,36H,(H,37,38,39)(H,40,41,42). The Morgan fingerprint density at radius 2 is 1.15 bits per heavy atom. The summed E-state index contributed by atoms with van der Waals surface area (Å²) in [7, 11) is -10.0. The lowest BCUT2D eigenvalue weighted by Gasteiger charge is -2.12. The number of phenols is 1. The van der Waals surface area contributed by atoms with E-state index in [2.05, 4.69) is 19.3 Å². The molecule has 0 spiro atoms. The van der Waals surface area contributed by atoms with Crippen LogP contribution in [0.1, 0.15) is 0 Å². The van der Waals surface area contributed by atoms with Crippen LogP contribution < -0.4 is 21.7 Å². The van der Waals surface area contributed by atoms with Gasteiger partial charge in [-0.05, 0) is 48.5 Å². The van der Waals surface area contributed by atoms with Gasteiger partial charge in [0.15, 0.2) is 21.7 Å². The van der Waals surface area contributed by atoms with Crippen LogP contribution in [0.3, 0.4) is 0 Å². The molecule has 47 heavy (non-hydrogen) atoms. The molecule has 0 saturated heterocycles. The van der Waals surface area contributed by atoms with Crippen LogP contribution in [0.25, 0.3) is 65.2 Å². The van der Waals surface area contributed by atoms with Gasteiger partial charge in [-0.15, -0.1) is 4.33 Å². The Labute approximate surface area is 262 Å². The predicted octanol–water partition coefficient (Wildman–Crippen LogP) is 2.34. The van der Waals surface area contributed by atoms with E-state index in [1.54, 1.807) is 0 Å². The molecule has 1 aromatic heterocycles. The van der Waals surface area contributed by atoms with E-state index in [0.29, 0.717) is 18.1 Å². The first-order valence-corrected chi connectivity index (χ1v) is 16.3. The maximum Gasteiger partial charge on any atom is 0.296 e. The number of nitrogens with zero attached hydrogens (tertiary/aromatic N) is 2. The van der Waals surface area contributed by atoms with Crippen molar-refractivity contribution in [1.82, 2.24) is 9.97 Å². The van der Waals surface area contributed by atoms with Crippen LogP contribution in [0, 0.1) is 0 Å². The van der Waals surface area contributed by atoms with Gasteiger partial charge in [-0.2, -0.15) is 16.8 Å². The number of hydrogen-bond donors (Lipinski definition) is 4. The summed E-state index contributed by atoms with van der Waals surface area (Å²) in [6.45, 7) is 0. The largest absolute Gasteiger partial charge is 0.506 e. The quantitative estimate of drug-likeness (QED) is 0.0502. The lowest BCUT2D eigenvalue weighted by Crippen LogP contribution is -2.16. The maximum absolute atomic E-state index is 13.9. The molecular weight excluding hydrogens is 685 g/mol.